The van der Waals surface area contributed by atoms with Gasteiger partial charge in [0.2, 0.25) is 0 Å². The van der Waals surface area contributed by atoms with Crippen LogP contribution in [-0.2, 0) is 11.2 Å². The average molecular weight is 330 g/mol. The van der Waals surface area contributed by atoms with Crippen molar-refractivity contribution in [3.63, 3.8) is 0 Å². The summed E-state index contributed by atoms with van der Waals surface area (Å²) >= 11 is 3.32. The van der Waals surface area contributed by atoms with Crippen molar-refractivity contribution in [2.24, 2.45) is 5.92 Å². The van der Waals surface area contributed by atoms with Gasteiger partial charge in [-0.05, 0) is 35.3 Å². The minimum absolute atomic E-state index is 0.127. The normalized spacial score (nSPS) is 21.0. The molecule has 0 aromatic carbocycles. The van der Waals surface area contributed by atoms with Crippen LogP contribution in [0.25, 0.3) is 0 Å². The number of likely N-dealkylation sites (N-methyl/N-ethyl adjacent to an activating group) is 1. The number of hydrogen-bond donors (Lipinski definition) is 1. The van der Waals surface area contributed by atoms with Crippen LogP contribution in [0.5, 0.6) is 0 Å². The molecule has 1 saturated heterocycles. The van der Waals surface area contributed by atoms with E-state index in [9.17, 15) is 4.79 Å². The molecule has 1 aromatic heterocycles. The fourth-order valence-corrected chi connectivity index (χ4v) is 2.49. The average Bonchev–Trinajstić information content (AvgIpc) is 2.34. The Bertz CT molecular complexity index is 501. The third-order valence-corrected chi connectivity index (χ3v) is 3.94. The first-order valence-electron chi connectivity index (χ1n) is 6.56. The van der Waals surface area contributed by atoms with E-state index in [2.05, 4.69) is 44.6 Å². The van der Waals surface area contributed by atoms with Gasteiger partial charge in [-0.15, -0.1) is 0 Å². The highest BCUT2D eigenvalue weighted by Gasteiger charge is 2.23. The molecular formula is C13H20BrN3O2. The predicted octanol–water partition coefficient (Wildman–Crippen LogP) is 1.73. The summed E-state index contributed by atoms with van der Waals surface area (Å²) in [5.41, 5.74) is 0.683. The van der Waals surface area contributed by atoms with Gasteiger partial charge >= 0.3 is 0 Å². The summed E-state index contributed by atoms with van der Waals surface area (Å²) in [5, 5.41) is 0. The molecule has 5 nitrogen and oxygen atoms in total. The first-order valence-corrected chi connectivity index (χ1v) is 7.35. The van der Waals surface area contributed by atoms with Crippen LogP contribution >= 0.6 is 15.9 Å². The summed E-state index contributed by atoms with van der Waals surface area (Å²) < 4.78 is 6.24. The van der Waals surface area contributed by atoms with E-state index in [1.807, 2.05) is 7.05 Å². The Labute approximate surface area is 121 Å². The van der Waals surface area contributed by atoms with Crippen molar-refractivity contribution in [1.82, 2.24) is 14.9 Å². The van der Waals surface area contributed by atoms with Gasteiger partial charge in [0.1, 0.15) is 16.4 Å². The van der Waals surface area contributed by atoms with Crippen LogP contribution in [0.3, 0.4) is 0 Å². The quantitative estimate of drug-likeness (QED) is 0.917. The number of morpholine rings is 1. The van der Waals surface area contributed by atoms with Crippen molar-refractivity contribution in [3.05, 3.63) is 26.3 Å². The van der Waals surface area contributed by atoms with Gasteiger partial charge in [0.25, 0.3) is 5.56 Å². The Morgan fingerprint density at radius 3 is 2.95 bits per heavy atom. The standard InChI is InChI=1S/C13H20BrN3O2/c1-8(2)6-9-11(14)13(18)16-12(15-9)10-7-17(3)4-5-19-10/h8,10H,4-7H2,1-3H3,(H,15,16,18). The third kappa shape index (κ3) is 3.64. The molecule has 0 spiro atoms. The number of ether oxygens (including phenoxy) is 1. The zero-order valence-corrected chi connectivity index (χ0v) is 13.2. The molecule has 19 heavy (non-hydrogen) atoms. The molecule has 2 rings (SSSR count). The molecule has 0 radical (unpaired) electrons. The maximum atomic E-state index is 12.0. The van der Waals surface area contributed by atoms with Gasteiger partial charge in [-0.2, -0.15) is 0 Å². The summed E-state index contributed by atoms with van der Waals surface area (Å²) in [6.07, 6.45) is 0.630. The minimum atomic E-state index is -0.148. The molecule has 1 aliphatic rings. The highest BCUT2D eigenvalue weighted by atomic mass is 79.9. The molecule has 1 atom stereocenters. The van der Waals surface area contributed by atoms with E-state index in [0.29, 0.717) is 22.8 Å². The third-order valence-electron chi connectivity index (χ3n) is 3.13. The monoisotopic (exact) mass is 329 g/mol. The predicted molar refractivity (Wildman–Crippen MR) is 77.3 cm³/mol. The second kappa shape index (κ2) is 6.15. The SMILES string of the molecule is CC(C)Cc1nc(C2CN(C)CCO2)[nH]c(=O)c1Br. The summed E-state index contributed by atoms with van der Waals surface area (Å²) in [7, 11) is 2.04. The van der Waals surface area contributed by atoms with Gasteiger partial charge in [0.15, 0.2) is 0 Å². The molecule has 0 bridgehead atoms. The van der Waals surface area contributed by atoms with Gasteiger partial charge in [-0.25, -0.2) is 4.98 Å². The maximum absolute atomic E-state index is 12.0. The lowest BCUT2D eigenvalue weighted by atomic mass is 10.1. The van der Waals surface area contributed by atoms with Crippen LogP contribution < -0.4 is 5.56 Å². The van der Waals surface area contributed by atoms with Crippen molar-refractivity contribution >= 4 is 15.9 Å². The first kappa shape index (κ1) is 14.7. The van der Waals surface area contributed by atoms with E-state index in [4.69, 9.17) is 4.74 Å². The van der Waals surface area contributed by atoms with E-state index in [1.54, 1.807) is 0 Å². The molecule has 1 fully saturated rings. The summed E-state index contributed by atoms with van der Waals surface area (Å²) in [4.78, 5) is 21.5. The van der Waals surface area contributed by atoms with Gasteiger partial charge in [-0.1, -0.05) is 13.8 Å². The van der Waals surface area contributed by atoms with Gasteiger partial charge in [0.05, 0.1) is 12.3 Å². The van der Waals surface area contributed by atoms with Crippen molar-refractivity contribution in [3.8, 4) is 0 Å². The lowest BCUT2D eigenvalue weighted by Gasteiger charge is -2.29. The van der Waals surface area contributed by atoms with E-state index >= 15 is 0 Å². The largest absolute Gasteiger partial charge is 0.368 e. The molecule has 0 amide bonds. The van der Waals surface area contributed by atoms with Crippen molar-refractivity contribution in [1.29, 1.82) is 0 Å². The fraction of sp³-hybridized carbons (Fsp3) is 0.692. The van der Waals surface area contributed by atoms with E-state index in [1.165, 1.54) is 0 Å². The molecule has 1 N–H and O–H groups in total. The van der Waals surface area contributed by atoms with E-state index in [0.717, 1.165) is 25.2 Å². The molecule has 1 aliphatic heterocycles. The summed E-state index contributed by atoms with van der Waals surface area (Å²) in [6, 6.07) is 0. The number of nitrogens with one attached hydrogen (secondary N) is 1. The van der Waals surface area contributed by atoms with Crippen LogP contribution in [0.2, 0.25) is 0 Å². The lowest BCUT2D eigenvalue weighted by molar-refractivity contribution is -0.0257. The fourth-order valence-electron chi connectivity index (χ4n) is 2.14. The Morgan fingerprint density at radius 1 is 1.58 bits per heavy atom. The molecule has 1 aromatic rings. The number of nitrogens with zero attached hydrogens (tertiary/aromatic N) is 2. The Balaban J connectivity index is 2.30. The van der Waals surface area contributed by atoms with Crippen molar-refractivity contribution in [2.45, 2.75) is 26.4 Å². The topological polar surface area (TPSA) is 58.2 Å². The molecular weight excluding hydrogens is 310 g/mol. The number of rotatable bonds is 3. The highest BCUT2D eigenvalue weighted by Crippen LogP contribution is 2.20. The summed E-state index contributed by atoms with van der Waals surface area (Å²) in [6.45, 7) is 6.56. The van der Waals surface area contributed by atoms with Crippen LogP contribution in [0, 0.1) is 5.92 Å². The molecule has 0 aliphatic carbocycles. The maximum Gasteiger partial charge on any atom is 0.265 e. The number of aromatic nitrogens is 2. The zero-order valence-electron chi connectivity index (χ0n) is 11.6. The van der Waals surface area contributed by atoms with Crippen molar-refractivity contribution < 1.29 is 4.74 Å². The van der Waals surface area contributed by atoms with Crippen LogP contribution in [-0.4, -0.2) is 41.6 Å². The van der Waals surface area contributed by atoms with E-state index < -0.39 is 0 Å². The Hall–Kier alpha value is -0.720. The zero-order chi connectivity index (χ0) is 14.0. The lowest BCUT2D eigenvalue weighted by Crippen LogP contribution is -2.37. The molecule has 1 unspecified atom stereocenters. The smallest absolute Gasteiger partial charge is 0.265 e. The van der Waals surface area contributed by atoms with Crippen LogP contribution in [0.1, 0.15) is 31.5 Å². The van der Waals surface area contributed by atoms with E-state index in [-0.39, 0.29) is 11.7 Å². The van der Waals surface area contributed by atoms with Crippen LogP contribution in [0.4, 0.5) is 0 Å². The number of aromatic amines is 1. The Kier molecular flexibility index (Phi) is 4.76. The molecule has 2 heterocycles. The molecule has 106 valence electrons. The summed E-state index contributed by atoms with van der Waals surface area (Å²) in [5.74, 6) is 1.09. The van der Waals surface area contributed by atoms with Crippen LogP contribution in [0.15, 0.2) is 9.27 Å². The second-order valence-corrected chi connectivity index (χ2v) is 6.22. The van der Waals surface area contributed by atoms with Gasteiger partial charge in [0, 0.05) is 13.1 Å². The number of H-pyrrole nitrogens is 1. The number of halogens is 1. The minimum Gasteiger partial charge on any atom is -0.368 e. The van der Waals surface area contributed by atoms with Crippen molar-refractivity contribution in [2.75, 3.05) is 26.7 Å². The number of hydrogen-bond acceptors (Lipinski definition) is 4. The molecule has 6 heteroatoms. The first-order chi connectivity index (χ1) is 8.97. The highest BCUT2D eigenvalue weighted by molar-refractivity contribution is 9.10. The Morgan fingerprint density at radius 2 is 2.32 bits per heavy atom. The molecule has 0 saturated carbocycles. The second-order valence-electron chi connectivity index (χ2n) is 5.43. The van der Waals surface area contributed by atoms with Gasteiger partial charge in [-0.3, -0.25) is 4.79 Å². The van der Waals surface area contributed by atoms with Gasteiger partial charge < -0.3 is 14.6 Å².